The Kier molecular flexibility index (Phi) is 9.63. The van der Waals surface area contributed by atoms with E-state index in [4.69, 9.17) is 14.2 Å². The SMILES string of the molecule is CCCCN1CC=C[C@]23O[C@@H]4/C=C\CCC(=O)N[C@H](COC)[C@@H](c5ccccc5)OC(=O)[C@@H]4[C@H]2C(=O)N(CCO)[C@@H]3C1=O. The molecule has 2 saturated heterocycles. The van der Waals surface area contributed by atoms with Crippen LogP contribution in [0.4, 0.5) is 0 Å². The van der Waals surface area contributed by atoms with Crippen LogP contribution in [0.2, 0.25) is 0 Å². The maximum Gasteiger partial charge on any atom is 0.313 e. The number of nitrogens with one attached hydrogen (secondary N) is 1. The van der Waals surface area contributed by atoms with Crippen LogP contribution in [-0.2, 0) is 33.4 Å². The van der Waals surface area contributed by atoms with E-state index in [0.29, 0.717) is 25.1 Å². The van der Waals surface area contributed by atoms with E-state index >= 15 is 0 Å². The number of unbranched alkanes of at least 4 members (excludes halogenated alkanes) is 1. The molecule has 2 N–H and O–H groups in total. The van der Waals surface area contributed by atoms with Crippen molar-refractivity contribution in [3.63, 3.8) is 0 Å². The van der Waals surface area contributed by atoms with Gasteiger partial charge in [-0.3, -0.25) is 19.2 Å². The molecule has 2 fully saturated rings. The van der Waals surface area contributed by atoms with Gasteiger partial charge in [-0.25, -0.2) is 0 Å². The Morgan fingerprint density at radius 3 is 2.60 bits per heavy atom. The number of aliphatic hydroxyl groups excluding tert-OH is 1. The molecule has 0 unspecified atom stereocenters. The predicted octanol–water partition coefficient (Wildman–Crippen LogP) is 1.52. The van der Waals surface area contributed by atoms with Crippen molar-refractivity contribution in [3.05, 3.63) is 60.2 Å². The van der Waals surface area contributed by atoms with Gasteiger partial charge in [-0.15, -0.1) is 0 Å². The molecule has 11 heteroatoms. The highest BCUT2D eigenvalue weighted by atomic mass is 16.6. The van der Waals surface area contributed by atoms with Gasteiger partial charge in [0.05, 0.1) is 31.3 Å². The lowest BCUT2D eigenvalue weighted by Crippen LogP contribution is -2.55. The number of hydrogen-bond acceptors (Lipinski definition) is 8. The van der Waals surface area contributed by atoms with Crippen molar-refractivity contribution in [1.29, 1.82) is 0 Å². The van der Waals surface area contributed by atoms with Gasteiger partial charge in [0.25, 0.3) is 0 Å². The Morgan fingerprint density at radius 1 is 1.09 bits per heavy atom. The number of benzene rings is 1. The number of carbonyl (C=O) groups is 4. The highest BCUT2D eigenvalue weighted by molar-refractivity contribution is 5.99. The first-order chi connectivity index (χ1) is 20.9. The van der Waals surface area contributed by atoms with Crippen molar-refractivity contribution in [1.82, 2.24) is 15.1 Å². The van der Waals surface area contributed by atoms with Crippen LogP contribution < -0.4 is 5.32 Å². The maximum absolute atomic E-state index is 14.3. The zero-order valence-electron chi connectivity index (χ0n) is 24.7. The smallest absolute Gasteiger partial charge is 0.313 e. The lowest BCUT2D eigenvalue weighted by Gasteiger charge is -2.35. The second kappa shape index (κ2) is 13.4. The van der Waals surface area contributed by atoms with Gasteiger partial charge in [-0.1, -0.05) is 68.0 Å². The van der Waals surface area contributed by atoms with Gasteiger partial charge in [0.2, 0.25) is 17.7 Å². The Bertz CT molecular complexity index is 1250. The third-order valence-electron chi connectivity index (χ3n) is 8.77. The Labute approximate surface area is 251 Å². The number of amides is 3. The van der Waals surface area contributed by atoms with Crippen molar-refractivity contribution in [2.45, 2.75) is 62.5 Å². The third-order valence-corrected chi connectivity index (χ3v) is 8.77. The molecule has 0 bridgehead atoms. The Morgan fingerprint density at radius 2 is 1.88 bits per heavy atom. The van der Waals surface area contributed by atoms with Gasteiger partial charge in [0, 0.05) is 33.2 Å². The molecule has 0 aliphatic carbocycles. The molecule has 4 aliphatic rings. The molecule has 1 spiro atoms. The highest BCUT2D eigenvalue weighted by Crippen LogP contribution is 2.53. The number of aliphatic hydroxyl groups is 1. The minimum atomic E-state index is -1.43. The number of cyclic esters (lactones) is 1. The van der Waals surface area contributed by atoms with Crippen LogP contribution in [0.3, 0.4) is 0 Å². The van der Waals surface area contributed by atoms with E-state index in [1.165, 1.54) is 12.0 Å². The number of methoxy groups -OCH3 is 1. The molecule has 232 valence electrons. The summed E-state index contributed by atoms with van der Waals surface area (Å²) < 4.78 is 18.3. The second-order valence-corrected chi connectivity index (χ2v) is 11.5. The first-order valence-electron chi connectivity index (χ1n) is 15.1. The zero-order chi connectivity index (χ0) is 30.6. The van der Waals surface area contributed by atoms with Crippen molar-refractivity contribution in [2.24, 2.45) is 11.8 Å². The molecule has 1 aromatic carbocycles. The van der Waals surface area contributed by atoms with Gasteiger partial charge < -0.3 is 34.4 Å². The van der Waals surface area contributed by atoms with E-state index < -0.39 is 53.6 Å². The van der Waals surface area contributed by atoms with Crippen LogP contribution in [-0.4, -0.2) is 102 Å². The van der Waals surface area contributed by atoms with Gasteiger partial charge in [0.1, 0.15) is 23.7 Å². The van der Waals surface area contributed by atoms with E-state index in [1.54, 1.807) is 35.3 Å². The Balaban J connectivity index is 1.58. The summed E-state index contributed by atoms with van der Waals surface area (Å²) in [7, 11) is 1.51. The van der Waals surface area contributed by atoms with E-state index in [0.717, 1.165) is 12.8 Å². The molecule has 0 aromatic heterocycles. The average Bonchev–Trinajstić information content (AvgIpc) is 3.38. The molecular weight excluding hydrogens is 554 g/mol. The molecule has 0 radical (unpaired) electrons. The monoisotopic (exact) mass is 595 g/mol. The maximum atomic E-state index is 14.3. The van der Waals surface area contributed by atoms with Gasteiger partial charge >= 0.3 is 5.97 Å². The summed E-state index contributed by atoms with van der Waals surface area (Å²) in [5.74, 6) is -3.71. The summed E-state index contributed by atoms with van der Waals surface area (Å²) in [5, 5.41) is 12.8. The van der Waals surface area contributed by atoms with Crippen LogP contribution in [0, 0.1) is 11.8 Å². The third kappa shape index (κ3) is 5.85. The number of esters is 1. The summed E-state index contributed by atoms with van der Waals surface area (Å²) in [4.78, 5) is 58.4. The fourth-order valence-electron chi connectivity index (χ4n) is 6.83. The number of ether oxygens (including phenoxy) is 3. The lowest BCUT2D eigenvalue weighted by molar-refractivity contribution is -0.162. The van der Waals surface area contributed by atoms with Crippen molar-refractivity contribution >= 4 is 23.7 Å². The molecule has 4 aliphatic heterocycles. The van der Waals surface area contributed by atoms with Gasteiger partial charge in [-0.2, -0.15) is 0 Å². The molecule has 4 heterocycles. The van der Waals surface area contributed by atoms with Crippen LogP contribution in [0.15, 0.2) is 54.6 Å². The molecule has 0 saturated carbocycles. The predicted molar refractivity (Wildman–Crippen MR) is 155 cm³/mol. The summed E-state index contributed by atoms with van der Waals surface area (Å²) in [6.45, 7) is 2.59. The van der Waals surface area contributed by atoms with E-state index in [9.17, 15) is 24.3 Å². The average molecular weight is 596 g/mol. The number of rotatable bonds is 8. The number of hydrogen-bond donors (Lipinski definition) is 2. The second-order valence-electron chi connectivity index (χ2n) is 11.5. The molecule has 3 amide bonds. The first-order valence-corrected chi connectivity index (χ1v) is 15.1. The van der Waals surface area contributed by atoms with Gasteiger partial charge in [-0.05, 0) is 18.4 Å². The number of nitrogens with zero attached hydrogens (tertiary/aromatic N) is 2. The standard InChI is InChI=1S/C32H41N3O8/c1-3-4-16-34-17-10-15-32-26(29(38)35(18-19-36)28(32)30(34)39)25-23(43-32)13-8-9-14-24(37)33-22(20-41-2)27(42-31(25)40)21-11-6-5-7-12-21/h5-8,10-13,15,22-23,25-28,36H,3-4,9,14,16-20H2,1-2H3,(H,33,37)/b13-8-/t22-,23-,25+,26+,27-,28-,32+/m1/s1. The number of fused-ring (bicyclic) bond motifs is 2. The van der Waals surface area contributed by atoms with Crippen LogP contribution in [0.5, 0.6) is 0 Å². The lowest BCUT2D eigenvalue weighted by atomic mass is 9.77. The van der Waals surface area contributed by atoms with E-state index in [1.807, 2.05) is 31.2 Å². The summed E-state index contributed by atoms with van der Waals surface area (Å²) >= 11 is 0. The molecule has 1 aromatic rings. The van der Waals surface area contributed by atoms with Crippen molar-refractivity contribution in [2.75, 3.05) is 40.0 Å². The molecule has 5 rings (SSSR count). The Hall–Kier alpha value is -3.54. The minimum Gasteiger partial charge on any atom is -0.455 e. The summed E-state index contributed by atoms with van der Waals surface area (Å²) in [6.07, 6.45) is 7.56. The normalized spacial score (nSPS) is 33.5. The molecule has 11 nitrogen and oxygen atoms in total. The fourth-order valence-corrected chi connectivity index (χ4v) is 6.83. The minimum absolute atomic E-state index is 0.0663. The number of β-amino-alcohol motifs (C(OH)–C–C–N with tert-alkyl or cyclic N) is 1. The first kappa shape index (κ1) is 30.9. The number of likely N-dealkylation sites (tertiary alicyclic amines) is 1. The number of allylic oxidation sites excluding steroid dienone is 1. The topological polar surface area (TPSA) is 135 Å². The zero-order valence-corrected chi connectivity index (χ0v) is 24.7. The van der Waals surface area contributed by atoms with Crippen LogP contribution >= 0.6 is 0 Å². The summed E-state index contributed by atoms with van der Waals surface area (Å²) in [6, 6.07) is 7.35. The van der Waals surface area contributed by atoms with Crippen molar-refractivity contribution < 1.29 is 38.5 Å². The van der Waals surface area contributed by atoms with Gasteiger partial charge in [0.15, 0.2) is 0 Å². The van der Waals surface area contributed by atoms with Crippen molar-refractivity contribution in [3.8, 4) is 0 Å². The largest absolute Gasteiger partial charge is 0.455 e. The molecule has 43 heavy (non-hydrogen) atoms. The fraction of sp³-hybridized carbons (Fsp3) is 0.562. The van der Waals surface area contributed by atoms with Crippen LogP contribution in [0.25, 0.3) is 0 Å². The van der Waals surface area contributed by atoms with E-state index in [-0.39, 0.29) is 38.0 Å². The van der Waals surface area contributed by atoms with Crippen LogP contribution in [0.1, 0.15) is 44.3 Å². The molecular formula is C32H41N3O8. The number of carbonyl (C=O) groups excluding carboxylic acids is 4. The highest BCUT2D eigenvalue weighted by Gasteiger charge is 2.71. The molecule has 7 atom stereocenters. The van der Waals surface area contributed by atoms with E-state index in [2.05, 4.69) is 5.32 Å². The summed E-state index contributed by atoms with van der Waals surface area (Å²) in [5.41, 5.74) is -0.768. The quantitative estimate of drug-likeness (QED) is 0.341.